The minimum atomic E-state index is 0.0312. The van der Waals surface area contributed by atoms with Gasteiger partial charge in [-0.3, -0.25) is 4.79 Å². The van der Waals surface area contributed by atoms with Crippen LogP contribution in [0.2, 0.25) is 0 Å². The van der Waals surface area contributed by atoms with E-state index in [0.717, 1.165) is 16.7 Å². The molecule has 1 aliphatic rings. The summed E-state index contributed by atoms with van der Waals surface area (Å²) in [5.41, 5.74) is 3.86. The van der Waals surface area contributed by atoms with E-state index < -0.39 is 0 Å². The van der Waals surface area contributed by atoms with Gasteiger partial charge in [-0.05, 0) is 23.3 Å². The fraction of sp³-hybridized carbons (Fsp3) is 0.125. The number of likely N-dealkylation sites (tertiary alicyclic amines) is 1. The number of aromatic nitrogens is 2. The molecule has 5 heteroatoms. The molecule has 0 aliphatic carbocycles. The summed E-state index contributed by atoms with van der Waals surface area (Å²) in [5.74, 6) is 1.30. The Bertz CT molecular complexity index is 1120. The maximum atomic E-state index is 12.7. The van der Waals surface area contributed by atoms with Crippen LogP contribution in [0.15, 0.2) is 89.5 Å². The van der Waals surface area contributed by atoms with E-state index >= 15 is 0 Å². The predicted molar refractivity (Wildman–Crippen MR) is 110 cm³/mol. The molecule has 142 valence electrons. The van der Waals surface area contributed by atoms with E-state index in [9.17, 15) is 4.79 Å². The Morgan fingerprint density at radius 3 is 2.03 bits per heavy atom. The van der Waals surface area contributed by atoms with Gasteiger partial charge in [0.2, 0.25) is 11.7 Å². The summed E-state index contributed by atoms with van der Waals surface area (Å²) < 4.78 is 5.42. The topological polar surface area (TPSA) is 59.2 Å². The van der Waals surface area contributed by atoms with Gasteiger partial charge in [0.25, 0.3) is 5.91 Å². The molecule has 1 aromatic heterocycles. The number of amides is 1. The van der Waals surface area contributed by atoms with Gasteiger partial charge < -0.3 is 9.42 Å². The summed E-state index contributed by atoms with van der Waals surface area (Å²) in [7, 11) is 0. The van der Waals surface area contributed by atoms with E-state index in [1.807, 2.05) is 77.7 Å². The first-order valence-corrected chi connectivity index (χ1v) is 9.62. The van der Waals surface area contributed by atoms with Gasteiger partial charge in [0.15, 0.2) is 0 Å². The van der Waals surface area contributed by atoms with Gasteiger partial charge in [-0.25, -0.2) is 0 Å². The third kappa shape index (κ3) is 3.43. The maximum Gasteiger partial charge on any atom is 0.253 e. The summed E-state index contributed by atoms with van der Waals surface area (Å²) in [6, 6.07) is 27.6. The van der Waals surface area contributed by atoms with Crippen LogP contribution >= 0.6 is 0 Å². The smallest absolute Gasteiger partial charge is 0.253 e. The predicted octanol–water partition coefficient (Wildman–Crippen LogP) is 4.64. The third-order valence-electron chi connectivity index (χ3n) is 5.23. The minimum absolute atomic E-state index is 0.0312. The van der Waals surface area contributed by atoms with Gasteiger partial charge in [-0.2, -0.15) is 4.98 Å². The lowest BCUT2D eigenvalue weighted by molar-refractivity contribution is 0.0569. The highest BCUT2D eigenvalue weighted by Gasteiger charge is 2.36. The standard InChI is InChI=1S/C24H19N3O2/c28-24(20-13-11-18(12-14-20)17-7-3-1-4-8-17)27-15-21(16-27)23-25-22(26-29-23)19-9-5-2-6-10-19/h1-14,21H,15-16H2. The molecule has 0 bridgehead atoms. The molecule has 0 N–H and O–H groups in total. The Hall–Kier alpha value is -3.73. The van der Waals surface area contributed by atoms with Crippen LogP contribution in [0.4, 0.5) is 0 Å². The Morgan fingerprint density at radius 1 is 0.793 bits per heavy atom. The molecular formula is C24H19N3O2. The molecule has 3 aromatic carbocycles. The van der Waals surface area contributed by atoms with Crippen LogP contribution in [-0.4, -0.2) is 34.0 Å². The number of hydrogen-bond acceptors (Lipinski definition) is 4. The highest BCUT2D eigenvalue weighted by Crippen LogP contribution is 2.29. The van der Waals surface area contributed by atoms with Gasteiger partial charge >= 0.3 is 0 Å². The van der Waals surface area contributed by atoms with Gasteiger partial charge in [-0.15, -0.1) is 0 Å². The van der Waals surface area contributed by atoms with Crippen molar-refractivity contribution < 1.29 is 9.32 Å². The van der Waals surface area contributed by atoms with Crippen molar-refractivity contribution in [3.8, 4) is 22.5 Å². The fourth-order valence-electron chi connectivity index (χ4n) is 3.52. The molecule has 0 saturated carbocycles. The van der Waals surface area contributed by atoms with Crippen molar-refractivity contribution in [2.24, 2.45) is 0 Å². The van der Waals surface area contributed by atoms with E-state index in [0.29, 0.717) is 30.4 Å². The molecule has 0 spiro atoms. The van der Waals surface area contributed by atoms with E-state index in [4.69, 9.17) is 4.52 Å². The molecule has 1 amide bonds. The van der Waals surface area contributed by atoms with Gasteiger partial charge in [0, 0.05) is 24.2 Å². The normalized spacial score (nSPS) is 13.9. The molecular weight excluding hydrogens is 362 g/mol. The van der Waals surface area contributed by atoms with Crippen molar-refractivity contribution in [3.05, 3.63) is 96.4 Å². The van der Waals surface area contributed by atoms with Gasteiger partial charge in [0.1, 0.15) is 0 Å². The molecule has 5 rings (SSSR count). The van der Waals surface area contributed by atoms with Crippen LogP contribution in [0.1, 0.15) is 22.2 Å². The minimum Gasteiger partial charge on any atom is -0.339 e. The molecule has 0 unspecified atom stereocenters. The van der Waals surface area contributed by atoms with Crippen LogP contribution in [0.3, 0.4) is 0 Å². The van der Waals surface area contributed by atoms with Crippen LogP contribution in [-0.2, 0) is 0 Å². The van der Waals surface area contributed by atoms with Gasteiger partial charge in [0.05, 0.1) is 5.92 Å². The van der Waals surface area contributed by atoms with Crippen molar-refractivity contribution in [1.82, 2.24) is 15.0 Å². The van der Waals surface area contributed by atoms with Crippen molar-refractivity contribution >= 4 is 5.91 Å². The summed E-state index contributed by atoms with van der Waals surface area (Å²) in [6.45, 7) is 1.19. The lowest BCUT2D eigenvalue weighted by Crippen LogP contribution is -2.48. The Morgan fingerprint density at radius 2 is 1.38 bits per heavy atom. The summed E-state index contributed by atoms with van der Waals surface area (Å²) >= 11 is 0. The largest absolute Gasteiger partial charge is 0.339 e. The second kappa shape index (κ2) is 7.36. The molecule has 1 aliphatic heterocycles. The first kappa shape index (κ1) is 17.4. The number of hydrogen-bond donors (Lipinski definition) is 0. The second-order valence-corrected chi connectivity index (χ2v) is 7.17. The number of nitrogens with zero attached hydrogens (tertiary/aromatic N) is 3. The number of benzene rings is 3. The fourth-order valence-corrected chi connectivity index (χ4v) is 3.52. The number of carbonyl (C=O) groups excluding carboxylic acids is 1. The Balaban J connectivity index is 1.23. The van der Waals surface area contributed by atoms with Crippen LogP contribution < -0.4 is 0 Å². The molecule has 0 atom stereocenters. The van der Waals surface area contributed by atoms with Crippen LogP contribution in [0.25, 0.3) is 22.5 Å². The summed E-state index contributed by atoms with van der Waals surface area (Å²) in [5, 5.41) is 4.07. The SMILES string of the molecule is O=C(c1ccc(-c2ccccc2)cc1)N1CC(c2nc(-c3ccccc3)no2)C1. The number of rotatable bonds is 4. The van der Waals surface area contributed by atoms with E-state index in [-0.39, 0.29) is 11.8 Å². The lowest BCUT2D eigenvalue weighted by Gasteiger charge is -2.37. The maximum absolute atomic E-state index is 12.7. The molecule has 0 radical (unpaired) electrons. The van der Waals surface area contributed by atoms with Gasteiger partial charge in [-0.1, -0.05) is 78.0 Å². The first-order valence-electron chi connectivity index (χ1n) is 9.62. The van der Waals surface area contributed by atoms with E-state index in [2.05, 4.69) is 22.3 Å². The van der Waals surface area contributed by atoms with E-state index in [1.54, 1.807) is 0 Å². The average molecular weight is 381 g/mol. The highest BCUT2D eigenvalue weighted by atomic mass is 16.5. The summed E-state index contributed by atoms with van der Waals surface area (Å²) in [6.07, 6.45) is 0. The molecule has 1 fully saturated rings. The number of carbonyl (C=O) groups is 1. The zero-order chi connectivity index (χ0) is 19.6. The summed E-state index contributed by atoms with van der Waals surface area (Å²) in [4.78, 5) is 19.1. The molecule has 5 nitrogen and oxygen atoms in total. The van der Waals surface area contributed by atoms with Crippen LogP contribution in [0.5, 0.6) is 0 Å². The molecule has 1 saturated heterocycles. The molecule has 4 aromatic rings. The zero-order valence-corrected chi connectivity index (χ0v) is 15.7. The van der Waals surface area contributed by atoms with E-state index in [1.165, 1.54) is 0 Å². The highest BCUT2D eigenvalue weighted by molar-refractivity contribution is 5.95. The van der Waals surface area contributed by atoms with Crippen molar-refractivity contribution in [3.63, 3.8) is 0 Å². The Kier molecular flexibility index (Phi) is 4.41. The second-order valence-electron chi connectivity index (χ2n) is 7.17. The quantitative estimate of drug-likeness (QED) is 0.517. The lowest BCUT2D eigenvalue weighted by atomic mass is 9.98. The van der Waals surface area contributed by atoms with Crippen molar-refractivity contribution in [2.75, 3.05) is 13.1 Å². The van der Waals surface area contributed by atoms with Crippen molar-refractivity contribution in [1.29, 1.82) is 0 Å². The zero-order valence-electron chi connectivity index (χ0n) is 15.7. The molecule has 29 heavy (non-hydrogen) atoms. The van der Waals surface area contributed by atoms with Crippen LogP contribution in [0, 0.1) is 0 Å². The average Bonchev–Trinajstić information content (AvgIpc) is 3.24. The Labute approximate surface area is 168 Å². The van der Waals surface area contributed by atoms with Crippen molar-refractivity contribution in [2.45, 2.75) is 5.92 Å². The first-order chi connectivity index (χ1) is 14.3. The molecule has 2 heterocycles. The monoisotopic (exact) mass is 381 g/mol. The third-order valence-corrected chi connectivity index (χ3v) is 5.23.